The molecule has 1 aliphatic heterocycles. The molecule has 0 aromatic heterocycles. The summed E-state index contributed by atoms with van der Waals surface area (Å²) in [5.41, 5.74) is 2.73. The number of rotatable bonds is 5. The van der Waals surface area contributed by atoms with Gasteiger partial charge in [-0.15, -0.1) is 0 Å². The molecule has 22 heavy (non-hydrogen) atoms. The van der Waals surface area contributed by atoms with Gasteiger partial charge >= 0.3 is 0 Å². The summed E-state index contributed by atoms with van der Waals surface area (Å²) >= 11 is 0. The predicted molar refractivity (Wildman–Crippen MR) is 88.0 cm³/mol. The number of hydrogen-bond acceptors (Lipinski definition) is 4. The number of piperazine rings is 1. The third-order valence-corrected chi connectivity index (χ3v) is 4.87. The number of hydrogen-bond donors (Lipinski definition) is 1. The Kier molecular flexibility index (Phi) is 5.47. The zero-order chi connectivity index (χ0) is 15.4. The topological polar surface area (TPSA) is 35.9 Å². The Bertz CT molecular complexity index is 472. The maximum Gasteiger partial charge on any atom is 0.0900 e. The number of fused-ring (bicyclic) bond motifs is 1. The molecular formula is C18H28N2O2. The van der Waals surface area contributed by atoms with Gasteiger partial charge in [0.15, 0.2) is 0 Å². The maximum atomic E-state index is 10.3. The Morgan fingerprint density at radius 1 is 1.23 bits per heavy atom. The molecular weight excluding hydrogens is 276 g/mol. The van der Waals surface area contributed by atoms with Crippen LogP contribution in [0.3, 0.4) is 0 Å². The molecule has 2 atom stereocenters. The van der Waals surface area contributed by atoms with Crippen LogP contribution in [-0.2, 0) is 11.2 Å². The summed E-state index contributed by atoms with van der Waals surface area (Å²) in [7, 11) is 2.15. The van der Waals surface area contributed by atoms with E-state index in [2.05, 4.69) is 41.1 Å². The lowest BCUT2D eigenvalue weighted by Gasteiger charge is -2.34. The second kappa shape index (κ2) is 7.55. The highest BCUT2D eigenvalue weighted by Crippen LogP contribution is 2.32. The van der Waals surface area contributed by atoms with Gasteiger partial charge in [0.2, 0.25) is 0 Å². The predicted octanol–water partition coefficient (Wildman–Crippen LogP) is 1.69. The molecule has 0 unspecified atom stereocenters. The molecule has 0 radical (unpaired) electrons. The number of nitrogens with zero attached hydrogens (tertiary/aromatic N) is 2. The van der Waals surface area contributed by atoms with Gasteiger partial charge in [-0.3, -0.25) is 4.90 Å². The first-order chi connectivity index (χ1) is 10.7. The van der Waals surface area contributed by atoms with E-state index in [1.54, 1.807) is 0 Å². The largest absolute Gasteiger partial charge is 0.389 e. The van der Waals surface area contributed by atoms with Crippen molar-refractivity contribution in [1.29, 1.82) is 0 Å². The monoisotopic (exact) mass is 304 g/mol. The van der Waals surface area contributed by atoms with Crippen LogP contribution in [0.1, 0.15) is 30.1 Å². The van der Waals surface area contributed by atoms with Crippen molar-refractivity contribution in [3.63, 3.8) is 0 Å². The van der Waals surface area contributed by atoms with Gasteiger partial charge in [0.05, 0.1) is 18.8 Å². The van der Waals surface area contributed by atoms with Gasteiger partial charge in [-0.05, 0) is 37.4 Å². The van der Waals surface area contributed by atoms with E-state index in [4.69, 9.17) is 4.74 Å². The van der Waals surface area contributed by atoms with E-state index in [1.165, 1.54) is 17.5 Å². The third-order valence-electron chi connectivity index (χ3n) is 4.87. The average Bonchev–Trinajstić information content (AvgIpc) is 2.55. The Hall–Kier alpha value is -0.940. The number of aryl methyl sites for hydroxylation is 1. The van der Waals surface area contributed by atoms with E-state index < -0.39 is 6.10 Å². The summed E-state index contributed by atoms with van der Waals surface area (Å²) in [5.74, 6) is 0. The number of aliphatic hydroxyl groups is 1. The van der Waals surface area contributed by atoms with Crippen LogP contribution in [0.25, 0.3) is 0 Å². The second-order valence-corrected chi connectivity index (χ2v) is 6.67. The number of benzene rings is 1. The molecule has 2 aliphatic rings. The van der Waals surface area contributed by atoms with Crippen LogP contribution < -0.4 is 0 Å². The normalized spacial score (nSPS) is 24.9. The molecule has 1 aromatic carbocycles. The highest BCUT2D eigenvalue weighted by molar-refractivity contribution is 5.31. The fourth-order valence-electron chi connectivity index (χ4n) is 3.49. The molecule has 0 spiro atoms. The van der Waals surface area contributed by atoms with Crippen LogP contribution >= 0.6 is 0 Å². The third kappa shape index (κ3) is 4.07. The van der Waals surface area contributed by atoms with Crippen molar-refractivity contribution in [2.45, 2.75) is 31.5 Å². The second-order valence-electron chi connectivity index (χ2n) is 6.67. The van der Waals surface area contributed by atoms with Gasteiger partial charge in [-0.25, -0.2) is 0 Å². The first-order valence-corrected chi connectivity index (χ1v) is 8.51. The summed E-state index contributed by atoms with van der Waals surface area (Å²) in [6.45, 7) is 5.42. The van der Waals surface area contributed by atoms with Gasteiger partial charge in [0.25, 0.3) is 0 Å². The van der Waals surface area contributed by atoms with Crippen molar-refractivity contribution < 1.29 is 9.84 Å². The molecule has 122 valence electrons. The summed E-state index contributed by atoms with van der Waals surface area (Å²) in [6, 6.07) is 8.56. The lowest BCUT2D eigenvalue weighted by molar-refractivity contribution is -0.0315. The zero-order valence-electron chi connectivity index (χ0n) is 13.6. The molecule has 4 heteroatoms. The molecule has 0 saturated carbocycles. The van der Waals surface area contributed by atoms with Crippen LogP contribution in [0.4, 0.5) is 0 Å². The lowest BCUT2D eigenvalue weighted by atomic mass is 9.89. The quantitative estimate of drug-likeness (QED) is 0.898. The molecule has 4 nitrogen and oxygen atoms in total. The lowest BCUT2D eigenvalue weighted by Crippen LogP contribution is -2.47. The van der Waals surface area contributed by atoms with Gasteiger partial charge in [-0.1, -0.05) is 24.3 Å². The van der Waals surface area contributed by atoms with Gasteiger partial charge < -0.3 is 14.7 Å². The molecule has 0 bridgehead atoms. The highest BCUT2D eigenvalue weighted by Gasteiger charge is 2.22. The van der Waals surface area contributed by atoms with Gasteiger partial charge in [0, 0.05) is 32.7 Å². The minimum atomic E-state index is -0.391. The van der Waals surface area contributed by atoms with Crippen molar-refractivity contribution in [2.24, 2.45) is 0 Å². The molecule has 3 rings (SSSR count). The molecule has 1 saturated heterocycles. The minimum absolute atomic E-state index is 0.159. The Labute approximate surface area is 133 Å². The number of β-amino-alcohol motifs (C(OH)–C–C–N with tert-alkyl or cyclic N) is 1. The smallest absolute Gasteiger partial charge is 0.0900 e. The number of aliphatic hydroxyl groups excluding tert-OH is 1. The van der Waals surface area contributed by atoms with Gasteiger partial charge in [-0.2, -0.15) is 0 Å². The van der Waals surface area contributed by atoms with Crippen LogP contribution in [0, 0.1) is 0 Å². The standard InChI is InChI=1S/C18H28N2O2/c1-19-9-11-20(12-10-19)13-16(21)14-22-18-8-4-6-15-5-2-3-7-17(15)18/h2-3,5,7,16,18,21H,4,6,8-14H2,1H3/t16-,18+/m1/s1. The highest BCUT2D eigenvalue weighted by atomic mass is 16.5. The van der Waals surface area contributed by atoms with Crippen molar-refractivity contribution >= 4 is 0 Å². The Balaban J connectivity index is 1.46. The SMILES string of the molecule is CN1CCN(C[C@@H](O)CO[C@H]2CCCc3ccccc32)CC1. The van der Waals surface area contributed by atoms with Crippen molar-refractivity contribution in [3.8, 4) is 0 Å². The Morgan fingerprint density at radius 2 is 2.00 bits per heavy atom. The van der Waals surface area contributed by atoms with E-state index in [1.807, 2.05) is 0 Å². The van der Waals surface area contributed by atoms with E-state index in [0.717, 1.165) is 45.6 Å². The van der Waals surface area contributed by atoms with Crippen LogP contribution in [0.15, 0.2) is 24.3 Å². The summed E-state index contributed by atoms with van der Waals surface area (Å²) in [6.07, 6.45) is 3.17. The fourth-order valence-corrected chi connectivity index (χ4v) is 3.49. The van der Waals surface area contributed by atoms with E-state index in [9.17, 15) is 5.11 Å². The molecule has 1 N–H and O–H groups in total. The van der Waals surface area contributed by atoms with Crippen LogP contribution in [-0.4, -0.2) is 67.4 Å². The van der Waals surface area contributed by atoms with Crippen molar-refractivity contribution in [1.82, 2.24) is 9.80 Å². The van der Waals surface area contributed by atoms with E-state index >= 15 is 0 Å². The Morgan fingerprint density at radius 3 is 2.82 bits per heavy atom. The van der Waals surface area contributed by atoms with Crippen molar-refractivity contribution in [3.05, 3.63) is 35.4 Å². The van der Waals surface area contributed by atoms with Crippen LogP contribution in [0.5, 0.6) is 0 Å². The van der Waals surface area contributed by atoms with E-state index in [0.29, 0.717) is 6.61 Å². The van der Waals surface area contributed by atoms with Crippen LogP contribution in [0.2, 0.25) is 0 Å². The number of ether oxygens (including phenoxy) is 1. The number of likely N-dealkylation sites (N-methyl/N-ethyl adjacent to an activating group) is 1. The molecule has 1 aliphatic carbocycles. The van der Waals surface area contributed by atoms with Gasteiger partial charge in [0.1, 0.15) is 0 Å². The maximum absolute atomic E-state index is 10.3. The molecule has 1 heterocycles. The zero-order valence-corrected chi connectivity index (χ0v) is 13.6. The average molecular weight is 304 g/mol. The summed E-state index contributed by atoms with van der Waals surface area (Å²) in [4.78, 5) is 4.67. The summed E-state index contributed by atoms with van der Waals surface area (Å²) in [5, 5.41) is 10.3. The molecule has 0 amide bonds. The fraction of sp³-hybridized carbons (Fsp3) is 0.667. The minimum Gasteiger partial charge on any atom is -0.389 e. The molecule has 1 aromatic rings. The first kappa shape index (κ1) is 15.9. The first-order valence-electron chi connectivity index (χ1n) is 8.51. The van der Waals surface area contributed by atoms with Crippen molar-refractivity contribution in [2.75, 3.05) is 46.4 Å². The molecule has 1 fully saturated rings. The summed E-state index contributed by atoms with van der Waals surface area (Å²) < 4.78 is 6.05. The van der Waals surface area contributed by atoms with E-state index in [-0.39, 0.29) is 6.10 Å².